The van der Waals surface area contributed by atoms with Crippen LogP contribution in [0.1, 0.15) is 84.0 Å². The molecule has 0 radical (unpaired) electrons. The first-order valence-electron chi connectivity index (χ1n) is 10.2. The molecule has 0 saturated heterocycles. The van der Waals surface area contributed by atoms with Crippen LogP contribution in [0.25, 0.3) is 0 Å². The zero-order chi connectivity index (χ0) is 18.5. The molecule has 25 heavy (non-hydrogen) atoms. The summed E-state index contributed by atoms with van der Waals surface area (Å²) in [4.78, 5) is 12.1. The molecule has 4 heteroatoms. The Labute approximate surface area is 153 Å². The third kappa shape index (κ3) is 9.53. The van der Waals surface area contributed by atoms with Crippen molar-refractivity contribution in [2.24, 2.45) is 11.8 Å². The maximum absolute atomic E-state index is 12.1. The molecule has 0 aromatic carbocycles. The lowest BCUT2D eigenvalue weighted by molar-refractivity contribution is -0.121. The highest BCUT2D eigenvalue weighted by atomic mass is 16.3. The summed E-state index contributed by atoms with van der Waals surface area (Å²) in [6, 6.07) is 0. The number of unbranched alkanes of at least 4 members (excludes halogenated alkanes) is 4. The fourth-order valence-corrected chi connectivity index (χ4v) is 3.70. The molecule has 4 nitrogen and oxygen atoms in total. The lowest BCUT2D eigenvalue weighted by Crippen LogP contribution is -2.13. The van der Waals surface area contributed by atoms with Crippen LogP contribution in [0, 0.1) is 11.8 Å². The van der Waals surface area contributed by atoms with Crippen molar-refractivity contribution in [2.75, 3.05) is 6.61 Å². The van der Waals surface area contributed by atoms with E-state index in [0.717, 1.165) is 57.8 Å². The van der Waals surface area contributed by atoms with Crippen molar-refractivity contribution in [2.45, 2.75) is 96.2 Å². The minimum atomic E-state index is -0.585. The molecule has 1 rings (SSSR count). The second-order valence-electron chi connectivity index (χ2n) is 7.56. The van der Waals surface area contributed by atoms with Crippen LogP contribution >= 0.6 is 0 Å². The molecule has 0 amide bonds. The molecule has 3 N–H and O–H groups in total. The molecule has 0 aliphatic heterocycles. The molecule has 0 aromatic heterocycles. The van der Waals surface area contributed by atoms with Crippen molar-refractivity contribution in [1.29, 1.82) is 0 Å². The average Bonchev–Trinajstić information content (AvgIpc) is 2.95. The second kappa shape index (κ2) is 13.5. The Hall–Kier alpha value is -0.710. The first-order valence-corrected chi connectivity index (χ1v) is 10.2. The highest BCUT2D eigenvalue weighted by Gasteiger charge is 2.32. The van der Waals surface area contributed by atoms with Gasteiger partial charge in [-0.3, -0.25) is 4.79 Å². The van der Waals surface area contributed by atoms with Crippen molar-refractivity contribution < 1.29 is 20.1 Å². The predicted octanol–water partition coefficient (Wildman–Crippen LogP) is 3.77. The smallest absolute Gasteiger partial charge is 0.136 e. The Morgan fingerprint density at radius 1 is 1.08 bits per heavy atom. The van der Waals surface area contributed by atoms with Gasteiger partial charge in [0.1, 0.15) is 5.78 Å². The van der Waals surface area contributed by atoms with Gasteiger partial charge in [-0.05, 0) is 38.0 Å². The van der Waals surface area contributed by atoms with E-state index < -0.39 is 6.10 Å². The van der Waals surface area contributed by atoms with Gasteiger partial charge >= 0.3 is 0 Å². The molecule has 146 valence electrons. The number of aliphatic hydroxyl groups is 3. The summed E-state index contributed by atoms with van der Waals surface area (Å²) in [5.41, 5.74) is 0. The number of rotatable bonds is 14. The zero-order valence-electron chi connectivity index (χ0n) is 15.9. The quantitative estimate of drug-likeness (QED) is 0.328. The average molecular weight is 355 g/mol. The maximum Gasteiger partial charge on any atom is 0.136 e. The van der Waals surface area contributed by atoms with Crippen LogP contribution < -0.4 is 0 Å². The number of hydrogen-bond acceptors (Lipinski definition) is 4. The monoisotopic (exact) mass is 354 g/mol. The predicted molar refractivity (Wildman–Crippen MR) is 101 cm³/mol. The molecular weight excluding hydrogens is 316 g/mol. The van der Waals surface area contributed by atoms with Gasteiger partial charge in [-0.15, -0.1) is 0 Å². The Morgan fingerprint density at radius 2 is 1.80 bits per heavy atom. The Bertz CT molecular complexity index is 380. The van der Waals surface area contributed by atoms with Crippen LogP contribution in [0.3, 0.4) is 0 Å². The van der Waals surface area contributed by atoms with Gasteiger partial charge in [0.2, 0.25) is 0 Å². The summed E-state index contributed by atoms with van der Waals surface area (Å²) >= 11 is 0. The van der Waals surface area contributed by atoms with E-state index in [4.69, 9.17) is 5.11 Å². The minimum absolute atomic E-state index is 0.155. The second-order valence-corrected chi connectivity index (χ2v) is 7.56. The number of Topliss-reactive ketones (excluding diaryl/α,β-unsaturated/α-hetero) is 1. The SMILES string of the molecule is CCCCC(O)CC=C[C@H]1CCC(=O)[C@@H]1CCCCCCC(O)CO. The first kappa shape index (κ1) is 22.3. The van der Waals surface area contributed by atoms with Crippen molar-refractivity contribution in [3.05, 3.63) is 12.2 Å². The Kier molecular flexibility index (Phi) is 12.0. The molecule has 1 saturated carbocycles. The number of aliphatic hydroxyl groups excluding tert-OH is 3. The van der Waals surface area contributed by atoms with Crippen molar-refractivity contribution in [3.63, 3.8) is 0 Å². The third-order valence-electron chi connectivity index (χ3n) is 5.35. The molecule has 2 unspecified atom stereocenters. The van der Waals surface area contributed by atoms with E-state index in [1.54, 1.807) is 0 Å². The number of ketones is 1. The number of carbonyl (C=O) groups excluding carboxylic acids is 1. The lowest BCUT2D eigenvalue weighted by atomic mass is 9.89. The van der Waals surface area contributed by atoms with E-state index in [9.17, 15) is 15.0 Å². The number of carbonyl (C=O) groups is 1. The van der Waals surface area contributed by atoms with Gasteiger partial charge in [0.05, 0.1) is 18.8 Å². The Morgan fingerprint density at radius 3 is 2.52 bits per heavy atom. The fourth-order valence-electron chi connectivity index (χ4n) is 3.70. The minimum Gasteiger partial charge on any atom is -0.394 e. The van der Waals surface area contributed by atoms with E-state index in [1.165, 1.54) is 0 Å². The van der Waals surface area contributed by atoms with Gasteiger partial charge in [-0.1, -0.05) is 57.6 Å². The largest absolute Gasteiger partial charge is 0.394 e. The maximum atomic E-state index is 12.1. The molecular formula is C21H38O4. The normalized spacial score (nSPS) is 23.4. The Balaban J connectivity index is 2.23. The first-order chi connectivity index (χ1) is 12.1. The molecule has 0 spiro atoms. The molecule has 0 bridgehead atoms. The lowest BCUT2D eigenvalue weighted by Gasteiger charge is -2.15. The summed E-state index contributed by atoms with van der Waals surface area (Å²) in [6.45, 7) is 1.98. The summed E-state index contributed by atoms with van der Waals surface area (Å²) in [7, 11) is 0. The van der Waals surface area contributed by atoms with Crippen LogP contribution in [0.5, 0.6) is 0 Å². The topological polar surface area (TPSA) is 77.8 Å². The zero-order valence-corrected chi connectivity index (χ0v) is 15.9. The van der Waals surface area contributed by atoms with Crippen LogP contribution in [-0.4, -0.2) is 39.9 Å². The van der Waals surface area contributed by atoms with Gasteiger partial charge in [0.25, 0.3) is 0 Å². The fraction of sp³-hybridized carbons (Fsp3) is 0.857. The van der Waals surface area contributed by atoms with Crippen molar-refractivity contribution >= 4 is 5.78 Å². The van der Waals surface area contributed by atoms with Gasteiger partial charge in [0.15, 0.2) is 0 Å². The number of hydrogen-bond donors (Lipinski definition) is 3. The summed E-state index contributed by atoms with van der Waals surface area (Å²) in [6.07, 6.45) is 14.5. The molecule has 1 fully saturated rings. The van der Waals surface area contributed by atoms with Crippen LogP contribution in [0.15, 0.2) is 12.2 Å². The van der Waals surface area contributed by atoms with Crippen LogP contribution in [0.2, 0.25) is 0 Å². The molecule has 0 aromatic rings. The molecule has 1 aliphatic rings. The van der Waals surface area contributed by atoms with Crippen LogP contribution in [-0.2, 0) is 4.79 Å². The highest BCUT2D eigenvalue weighted by Crippen LogP contribution is 2.34. The molecule has 0 heterocycles. The van der Waals surface area contributed by atoms with Gasteiger partial charge in [-0.2, -0.15) is 0 Å². The van der Waals surface area contributed by atoms with Gasteiger partial charge in [-0.25, -0.2) is 0 Å². The standard InChI is InChI=1S/C21H38O4/c1-2-3-10-18(23)12-8-9-17-14-15-21(25)20(17)13-7-5-4-6-11-19(24)16-22/h8-9,17-20,22-24H,2-7,10-16H2,1H3/t17-,18?,19?,20+/m0/s1. The molecule has 1 aliphatic carbocycles. The summed E-state index contributed by atoms with van der Waals surface area (Å²) < 4.78 is 0. The number of allylic oxidation sites excluding steroid dienone is 1. The van der Waals surface area contributed by atoms with Crippen molar-refractivity contribution in [3.8, 4) is 0 Å². The van der Waals surface area contributed by atoms with E-state index in [-0.39, 0.29) is 18.6 Å². The highest BCUT2D eigenvalue weighted by molar-refractivity contribution is 5.83. The molecule has 4 atom stereocenters. The van der Waals surface area contributed by atoms with E-state index in [2.05, 4.69) is 19.1 Å². The van der Waals surface area contributed by atoms with E-state index in [1.807, 2.05) is 0 Å². The van der Waals surface area contributed by atoms with E-state index >= 15 is 0 Å². The van der Waals surface area contributed by atoms with E-state index in [0.29, 0.717) is 31.0 Å². The van der Waals surface area contributed by atoms with Gasteiger partial charge < -0.3 is 15.3 Å². The summed E-state index contributed by atoms with van der Waals surface area (Å²) in [5, 5.41) is 28.0. The summed E-state index contributed by atoms with van der Waals surface area (Å²) in [5.74, 6) is 0.908. The third-order valence-corrected chi connectivity index (χ3v) is 5.35. The van der Waals surface area contributed by atoms with Crippen molar-refractivity contribution in [1.82, 2.24) is 0 Å². The van der Waals surface area contributed by atoms with Gasteiger partial charge in [0, 0.05) is 12.3 Å². The van der Waals surface area contributed by atoms with Crippen LogP contribution in [0.4, 0.5) is 0 Å².